The molecule has 1 aliphatic carbocycles. The van der Waals surface area contributed by atoms with Gasteiger partial charge in [0, 0.05) is 31.5 Å². The van der Waals surface area contributed by atoms with Crippen LogP contribution < -0.4 is 0 Å². The van der Waals surface area contributed by atoms with E-state index >= 15 is 0 Å². The third kappa shape index (κ3) is 3.58. The number of hydrogen-bond acceptors (Lipinski definition) is 2. The highest BCUT2D eigenvalue weighted by atomic mass is 16.1. The lowest BCUT2D eigenvalue weighted by atomic mass is 10.2. The van der Waals surface area contributed by atoms with Crippen LogP contribution in [0.25, 0.3) is 0 Å². The van der Waals surface area contributed by atoms with Gasteiger partial charge in [-0.05, 0) is 38.5 Å². The smallest absolute Gasteiger partial charge is 0.209 e. The summed E-state index contributed by atoms with van der Waals surface area (Å²) in [7, 11) is 0. The van der Waals surface area contributed by atoms with Crippen LogP contribution in [0.5, 0.6) is 0 Å². The van der Waals surface area contributed by atoms with Crippen LogP contribution in [0.2, 0.25) is 0 Å². The Hall–Kier alpha value is -1.32. The number of aryl methyl sites for hydroxylation is 2. The van der Waals surface area contributed by atoms with Crippen molar-refractivity contribution in [1.82, 2.24) is 14.5 Å². The van der Waals surface area contributed by atoms with Crippen LogP contribution >= 0.6 is 0 Å². The number of carbonyl (C=O) groups is 1. The molecule has 0 radical (unpaired) electrons. The summed E-state index contributed by atoms with van der Waals surface area (Å²) in [4.78, 5) is 17.0. The predicted octanol–water partition coefficient (Wildman–Crippen LogP) is 1.70. The average molecular weight is 235 g/mol. The molecule has 1 aromatic rings. The minimum atomic E-state index is 0.779. The van der Waals surface area contributed by atoms with E-state index in [0.29, 0.717) is 0 Å². The zero-order chi connectivity index (χ0) is 12.1. The Morgan fingerprint density at radius 1 is 1.59 bits per heavy atom. The van der Waals surface area contributed by atoms with Gasteiger partial charge in [-0.15, -0.1) is 0 Å². The van der Waals surface area contributed by atoms with Gasteiger partial charge in [0.25, 0.3) is 0 Å². The number of hydrogen-bond donors (Lipinski definition) is 0. The van der Waals surface area contributed by atoms with Crippen molar-refractivity contribution in [3.63, 3.8) is 0 Å². The van der Waals surface area contributed by atoms with E-state index in [4.69, 9.17) is 0 Å². The molecule has 1 saturated carbocycles. The SMILES string of the molecule is CCn1cncc1CCCN(C=O)CC1CC1. The second-order valence-corrected chi connectivity index (χ2v) is 4.82. The van der Waals surface area contributed by atoms with Crippen molar-refractivity contribution >= 4 is 6.41 Å². The summed E-state index contributed by atoms with van der Waals surface area (Å²) in [5.74, 6) is 0.779. The first-order valence-electron chi connectivity index (χ1n) is 6.51. The highest BCUT2D eigenvalue weighted by molar-refractivity contribution is 5.47. The zero-order valence-corrected chi connectivity index (χ0v) is 10.5. The van der Waals surface area contributed by atoms with E-state index in [-0.39, 0.29) is 0 Å². The predicted molar refractivity (Wildman–Crippen MR) is 66.6 cm³/mol. The molecule has 0 atom stereocenters. The van der Waals surface area contributed by atoms with E-state index in [1.807, 2.05) is 17.4 Å². The van der Waals surface area contributed by atoms with Crippen molar-refractivity contribution in [2.45, 2.75) is 39.2 Å². The molecule has 0 unspecified atom stereocenters. The van der Waals surface area contributed by atoms with Crippen molar-refractivity contribution in [1.29, 1.82) is 0 Å². The first kappa shape index (κ1) is 12.1. The first-order chi connectivity index (χ1) is 8.33. The van der Waals surface area contributed by atoms with Crippen molar-refractivity contribution in [2.24, 2.45) is 5.92 Å². The molecule has 0 aromatic carbocycles. The molecule has 0 aliphatic heterocycles. The average Bonchev–Trinajstić information content (AvgIpc) is 3.05. The van der Waals surface area contributed by atoms with Gasteiger partial charge in [0.2, 0.25) is 6.41 Å². The van der Waals surface area contributed by atoms with Crippen LogP contribution in [0, 0.1) is 5.92 Å². The highest BCUT2D eigenvalue weighted by Gasteiger charge is 2.23. The van der Waals surface area contributed by atoms with Crippen LogP contribution in [0.3, 0.4) is 0 Å². The Morgan fingerprint density at radius 3 is 3.06 bits per heavy atom. The summed E-state index contributed by atoms with van der Waals surface area (Å²) in [5, 5.41) is 0. The maximum atomic E-state index is 10.9. The van der Waals surface area contributed by atoms with Crippen LogP contribution in [0.1, 0.15) is 31.9 Å². The topological polar surface area (TPSA) is 38.1 Å². The summed E-state index contributed by atoms with van der Waals surface area (Å²) < 4.78 is 2.16. The third-order valence-electron chi connectivity index (χ3n) is 3.36. The molecular formula is C13H21N3O. The van der Waals surface area contributed by atoms with Crippen molar-refractivity contribution in [3.05, 3.63) is 18.2 Å². The third-order valence-corrected chi connectivity index (χ3v) is 3.36. The van der Waals surface area contributed by atoms with Crippen molar-refractivity contribution in [3.8, 4) is 0 Å². The molecule has 0 bridgehead atoms. The van der Waals surface area contributed by atoms with Crippen LogP contribution in [0.4, 0.5) is 0 Å². The van der Waals surface area contributed by atoms with E-state index in [1.165, 1.54) is 18.5 Å². The summed E-state index contributed by atoms with van der Waals surface area (Å²) in [5.41, 5.74) is 1.27. The number of nitrogens with zero attached hydrogens (tertiary/aromatic N) is 3. The van der Waals surface area contributed by atoms with Crippen molar-refractivity contribution in [2.75, 3.05) is 13.1 Å². The molecule has 17 heavy (non-hydrogen) atoms. The molecule has 1 aliphatic rings. The Kier molecular flexibility index (Phi) is 4.18. The van der Waals surface area contributed by atoms with E-state index in [0.717, 1.165) is 44.8 Å². The molecular weight excluding hydrogens is 214 g/mol. The lowest BCUT2D eigenvalue weighted by Gasteiger charge is -2.16. The van der Waals surface area contributed by atoms with Crippen molar-refractivity contribution < 1.29 is 4.79 Å². The normalized spacial score (nSPS) is 14.9. The van der Waals surface area contributed by atoms with Gasteiger partial charge in [0.15, 0.2) is 0 Å². The van der Waals surface area contributed by atoms with E-state index in [2.05, 4.69) is 16.5 Å². The summed E-state index contributed by atoms with van der Waals surface area (Å²) in [6, 6.07) is 0. The number of rotatable bonds is 8. The lowest BCUT2D eigenvalue weighted by Crippen LogP contribution is -2.26. The molecule has 0 N–H and O–H groups in total. The van der Waals surface area contributed by atoms with Gasteiger partial charge in [0.05, 0.1) is 6.33 Å². The molecule has 2 rings (SSSR count). The van der Waals surface area contributed by atoms with Crippen LogP contribution in [-0.4, -0.2) is 34.0 Å². The van der Waals surface area contributed by atoms with Gasteiger partial charge >= 0.3 is 0 Å². The fourth-order valence-electron chi connectivity index (χ4n) is 2.12. The Balaban J connectivity index is 1.72. The standard InChI is InChI=1S/C13H21N3O/c1-2-16-10-14-8-13(16)4-3-7-15(11-17)9-12-5-6-12/h8,10-12H,2-7,9H2,1H3. The number of amides is 1. The monoisotopic (exact) mass is 235 g/mol. The molecule has 1 amide bonds. The molecule has 4 nitrogen and oxygen atoms in total. The molecule has 0 saturated heterocycles. The second-order valence-electron chi connectivity index (χ2n) is 4.82. The molecule has 4 heteroatoms. The van der Waals surface area contributed by atoms with Crippen LogP contribution in [0.15, 0.2) is 12.5 Å². The summed E-state index contributed by atoms with van der Waals surface area (Å²) in [6.45, 7) is 4.91. The number of aromatic nitrogens is 2. The maximum Gasteiger partial charge on any atom is 0.209 e. The first-order valence-corrected chi connectivity index (χ1v) is 6.51. The van der Waals surface area contributed by atoms with Gasteiger partial charge < -0.3 is 9.47 Å². The molecule has 94 valence electrons. The van der Waals surface area contributed by atoms with Gasteiger partial charge in [-0.3, -0.25) is 4.79 Å². The quantitative estimate of drug-likeness (QED) is 0.643. The van der Waals surface area contributed by atoms with E-state index < -0.39 is 0 Å². The zero-order valence-electron chi connectivity index (χ0n) is 10.5. The summed E-state index contributed by atoms with van der Waals surface area (Å²) in [6.07, 6.45) is 9.42. The lowest BCUT2D eigenvalue weighted by molar-refractivity contribution is -0.118. The fourth-order valence-corrected chi connectivity index (χ4v) is 2.12. The molecule has 1 aromatic heterocycles. The maximum absolute atomic E-state index is 10.9. The Bertz CT molecular complexity index is 357. The van der Waals surface area contributed by atoms with E-state index in [9.17, 15) is 4.79 Å². The number of carbonyl (C=O) groups excluding carboxylic acids is 1. The van der Waals surface area contributed by atoms with Gasteiger partial charge in [0.1, 0.15) is 0 Å². The van der Waals surface area contributed by atoms with Gasteiger partial charge in [-0.1, -0.05) is 0 Å². The second kappa shape index (κ2) is 5.84. The minimum Gasteiger partial charge on any atom is -0.345 e. The molecule has 1 fully saturated rings. The van der Waals surface area contributed by atoms with E-state index in [1.54, 1.807) is 0 Å². The molecule has 0 spiro atoms. The summed E-state index contributed by atoms with van der Waals surface area (Å²) >= 11 is 0. The van der Waals surface area contributed by atoms with Crippen LogP contribution in [-0.2, 0) is 17.8 Å². The number of imidazole rings is 1. The largest absolute Gasteiger partial charge is 0.345 e. The molecule has 1 heterocycles. The van der Waals surface area contributed by atoms with Gasteiger partial charge in [-0.25, -0.2) is 4.98 Å². The van der Waals surface area contributed by atoms with Gasteiger partial charge in [-0.2, -0.15) is 0 Å². The minimum absolute atomic E-state index is 0.779. The Morgan fingerprint density at radius 2 is 2.41 bits per heavy atom. The highest BCUT2D eigenvalue weighted by Crippen LogP contribution is 2.29. The fraction of sp³-hybridized carbons (Fsp3) is 0.692. The Labute approximate surface area is 103 Å².